The summed E-state index contributed by atoms with van der Waals surface area (Å²) in [5.41, 5.74) is 7.53. The highest BCUT2D eigenvalue weighted by Crippen LogP contribution is 2.16. The molecule has 0 radical (unpaired) electrons. The minimum absolute atomic E-state index is 0.0574. The molecule has 0 saturated heterocycles. The van der Waals surface area contributed by atoms with Crippen molar-refractivity contribution < 1.29 is 9.53 Å². The molecule has 0 aliphatic rings. The number of nitrogens with two attached hydrogens (primary N) is 1. The lowest BCUT2D eigenvalue weighted by Gasteiger charge is -2.12. The standard InChI is InChI=1S/C11H16N2O2/c1-8-3-4-10(13-7-8)9(6-12)5-11(14)15-2/h3-4,7,9H,5-6,12H2,1-2H3. The molecule has 0 aliphatic carbocycles. The Morgan fingerprint density at radius 3 is 2.80 bits per heavy atom. The van der Waals surface area contributed by atoms with Crippen molar-refractivity contribution >= 4 is 5.97 Å². The Bertz CT molecular complexity index is 322. The molecule has 2 N–H and O–H groups in total. The monoisotopic (exact) mass is 208 g/mol. The van der Waals surface area contributed by atoms with E-state index in [0.717, 1.165) is 11.3 Å². The molecule has 1 aromatic heterocycles. The van der Waals surface area contributed by atoms with Crippen LogP contribution in [0.3, 0.4) is 0 Å². The number of nitrogens with zero attached hydrogens (tertiary/aromatic N) is 1. The lowest BCUT2D eigenvalue weighted by atomic mass is 10.0. The van der Waals surface area contributed by atoms with E-state index in [1.807, 2.05) is 19.1 Å². The first-order chi connectivity index (χ1) is 7.17. The van der Waals surface area contributed by atoms with Crippen LogP contribution in [0.4, 0.5) is 0 Å². The number of carbonyl (C=O) groups excluding carboxylic acids is 1. The number of hydrogen-bond acceptors (Lipinski definition) is 4. The molecular formula is C11H16N2O2. The topological polar surface area (TPSA) is 65.2 Å². The summed E-state index contributed by atoms with van der Waals surface area (Å²) in [6.07, 6.45) is 2.05. The molecule has 1 rings (SSSR count). The van der Waals surface area contributed by atoms with Crippen molar-refractivity contribution in [2.75, 3.05) is 13.7 Å². The van der Waals surface area contributed by atoms with Crippen molar-refractivity contribution in [3.8, 4) is 0 Å². The molecule has 0 amide bonds. The summed E-state index contributed by atoms with van der Waals surface area (Å²) in [6.45, 7) is 2.36. The first-order valence-electron chi connectivity index (χ1n) is 4.86. The normalized spacial score (nSPS) is 12.2. The summed E-state index contributed by atoms with van der Waals surface area (Å²) in [5, 5.41) is 0. The molecule has 0 aliphatic heterocycles. The average molecular weight is 208 g/mol. The second kappa shape index (κ2) is 5.46. The van der Waals surface area contributed by atoms with Crippen LogP contribution in [0.15, 0.2) is 18.3 Å². The van der Waals surface area contributed by atoms with Gasteiger partial charge < -0.3 is 10.5 Å². The third-order valence-corrected chi connectivity index (χ3v) is 2.28. The van der Waals surface area contributed by atoms with Crippen LogP contribution in [0.5, 0.6) is 0 Å². The maximum atomic E-state index is 11.1. The fourth-order valence-corrected chi connectivity index (χ4v) is 1.31. The van der Waals surface area contributed by atoms with E-state index in [-0.39, 0.29) is 18.3 Å². The molecule has 0 aromatic carbocycles. The molecule has 1 unspecified atom stereocenters. The van der Waals surface area contributed by atoms with Gasteiger partial charge in [-0.15, -0.1) is 0 Å². The Hall–Kier alpha value is -1.42. The van der Waals surface area contributed by atoms with Crippen LogP contribution in [0, 0.1) is 6.92 Å². The predicted octanol–water partition coefficient (Wildman–Crippen LogP) is 0.995. The number of aryl methyl sites for hydroxylation is 1. The average Bonchev–Trinajstić information content (AvgIpc) is 2.27. The molecule has 1 aromatic rings. The van der Waals surface area contributed by atoms with E-state index < -0.39 is 0 Å². The number of pyridine rings is 1. The number of hydrogen-bond donors (Lipinski definition) is 1. The first-order valence-corrected chi connectivity index (χ1v) is 4.86. The molecular weight excluding hydrogens is 192 g/mol. The number of esters is 1. The third-order valence-electron chi connectivity index (χ3n) is 2.28. The van der Waals surface area contributed by atoms with Crippen molar-refractivity contribution in [3.05, 3.63) is 29.6 Å². The molecule has 4 heteroatoms. The van der Waals surface area contributed by atoms with E-state index in [2.05, 4.69) is 9.72 Å². The molecule has 4 nitrogen and oxygen atoms in total. The summed E-state index contributed by atoms with van der Waals surface area (Å²) in [7, 11) is 1.37. The Labute approximate surface area is 89.5 Å². The highest BCUT2D eigenvalue weighted by molar-refractivity contribution is 5.70. The number of rotatable bonds is 4. The Morgan fingerprint density at radius 2 is 2.33 bits per heavy atom. The van der Waals surface area contributed by atoms with Crippen LogP contribution in [0.25, 0.3) is 0 Å². The minimum Gasteiger partial charge on any atom is -0.469 e. The fraction of sp³-hybridized carbons (Fsp3) is 0.455. The van der Waals surface area contributed by atoms with E-state index in [9.17, 15) is 4.79 Å². The van der Waals surface area contributed by atoms with Gasteiger partial charge in [-0.3, -0.25) is 9.78 Å². The van der Waals surface area contributed by atoms with Gasteiger partial charge in [0.1, 0.15) is 0 Å². The van der Waals surface area contributed by atoms with Crippen LogP contribution in [0.2, 0.25) is 0 Å². The Morgan fingerprint density at radius 1 is 1.60 bits per heavy atom. The van der Waals surface area contributed by atoms with Gasteiger partial charge in [-0.2, -0.15) is 0 Å². The molecule has 1 atom stereocenters. The Kier molecular flexibility index (Phi) is 4.24. The van der Waals surface area contributed by atoms with E-state index in [1.54, 1.807) is 6.20 Å². The predicted molar refractivity (Wildman–Crippen MR) is 57.4 cm³/mol. The van der Waals surface area contributed by atoms with E-state index in [1.165, 1.54) is 7.11 Å². The summed E-state index contributed by atoms with van der Waals surface area (Å²) in [6, 6.07) is 3.86. The SMILES string of the molecule is COC(=O)CC(CN)c1ccc(C)cn1. The highest BCUT2D eigenvalue weighted by Gasteiger charge is 2.15. The summed E-state index contributed by atoms with van der Waals surface area (Å²) >= 11 is 0. The number of methoxy groups -OCH3 is 1. The minimum atomic E-state index is -0.257. The van der Waals surface area contributed by atoms with E-state index >= 15 is 0 Å². The van der Waals surface area contributed by atoms with Gasteiger partial charge in [-0.05, 0) is 18.6 Å². The van der Waals surface area contributed by atoms with Crippen LogP contribution in [-0.4, -0.2) is 24.6 Å². The smallest absolute Gasteiger partial charge is 0.306 e. The van der Waals surface area contributed by atoms with Crippen molar-refractivity contribution in [2.45, 2.75) is 19.3 Å². The molecule has 0 spiro atoms. The number of ether oxygens (including phenoxy) is 1. The van der Waals surface area contributed by atoms with Crippen LogP contribution < -0.4 is 5.73 Å². The van der Waals surface area contributed by atoms with Crippen molar-refractivity contribution in [3.63, 3.8) is 0 Å². The molecule has 0 saturated carbocycles. The van der Waals surface area contributed by atoms with Crippen molar-refractivity contribution in [2.24, 2.45) is 5.73 Å². The quantitative estimate of drug-likeness (QED) is 0.749. The zero-order valence-electron chi connectivity index (χ0n) is 9.06. The maximum Gasteiger partial charge on any atom is 0.306 e. The zero-order valence-corrected chi connectivity index (χ0v) is 9.06. The summed E-state index contributed by atoms with van der Waals surface area (Å²) < 4.78 is 4.61. The third kappa shape index (κ3) is 3.32. The van der Waals surface area contributed by atoms with E-state index in [0.29, 0.717) is 6.54 Å². The van der Waals surface area contributed by atoms with Gasteiger partial charge in [-0.1, -0.05) is 6.07 Å². The summed E-state index contributed by atoms with van der Waals surface area (Å²) in [5.74, 6) is -0.314. The first kappa shape index (κ1) is 11.7. The molecule has 0 fully saturated rings. The lowest BCUT2D eigenvalue weighted by Crippen LogP contribution is -2.18. The zero-order chi connectivity index (χ0) is 11.3. The van der Waals surface area contributed by atoms with Crippen LogP contribution in [-0.2, 0) is 9.53 Å². The largest absolute Gasteiger partial charge is 0.469 e. The maximum absolute atomic E-state index is 11.1. The number of aromatic nitrogens is 1. The molecule has 82 valence electrons. The Balaban J connectivity index is 2.74. The van der Waals surface area contributed by atoms with Gasteiger partial charge in [-0.25, -0.2) is 0 Å². The van der Waals surface area contributed by atoms with Crippen LogP contribution >= 0.6 is 0 Å². The van der Waals surface area contributed by atoms with Gasteiger partial charge >= 0.3 is 5.97 Å². The highest BCUT2D eigenvalue weighted by atomic mass is 16.5. The van der Waals surface area contributed by atoms with Crippen molar-refractivity contribution in [1.82, 2.24) is 4.98 Å². The van der Waals surface area contributed by atoms with Gasteiger partial charge in [0.2, 0.25) is 0 Å². The lowest BCUT2D eigenvalue weighted by molar-refractivity contribution is -0.141. The second-order valence-corrected chi connectivity index (χ2v) is 3.47. The van der Waals surface area contributed by atoms with Crippen LogP contribution in [0.1, 0.15) is 23.6 Å². The van der Waals surface area contributed by atoms with Gasteiger partial charge in [0, 0.05) is 24.4 Å². The van der Waals surface area contributed by atoms with Crippen molar-refractivity contribution in [1.29, 1.82) is 0 Å². The molecule has 15 heavy (non-hydrogen) atoms. The van der Waals surface area contributed by atoms with Gasteiger partial charge in [0.25, 0.3) is 0 Å². The number of carbonyl (C=O) groups is 1. The van der Waals surface area contributed by atoms with Gasteiger partial charge in [0.15, 0.2) is 0 Å². The van der Waals surface area contributed by atoms with E-state index in [4.69, 9.17) is 5.73 Å². The summed E-state index contributed by atoms with van der Waals surface area (Å²) in [4.78, 5) is 15.4. The molecule has 0 bridgehead atoms. The second-order valence-electron chi connectivity index (χ2n) is 3.47. The van der Waals surface area contributed by atoms with Gasteiger partial charge in [0.05, 0.1) is 13.5 Å². The molecule has 1 heterocycles. The fourth-order valence-electron chi connectivity index (χ4n) is 1.31.